The highest BCUT2D eigenvalue weighted by Crippen LogP contribution is 2.26. The number of pyridine rings is 1. The molecule has 24 heavy (non-hydrogen) atoms. The first-order valence-corrected chi connectivity index (χ1v) is 9.28. The zero-order chi connectivity index (χ0) is 17.1. The number of carbonyl (C=O) groups excluding carboxylic acids is 1. The van der Waals surface area contributed by atoms with E-state index in [4.69, 9.17) is 0 Å². The molecule has 1 aromatic carbocycles. The SMILES string of the molecule is Cc1csc([C@H](C#N)C(=O)CSc2cc(C)c3ccccc3n2)n1. The number of thiazole rings is 1. The molecule has 0 unspecified atom stereocenters. The molecule has 0 radical (unpaired) electrons. The van der Waals surface area contributed by atoms with Crippen LogP contribution in [0.4, 0.5) is 0 Å². The molecular formula is C18H15N3OS2. The molecule has 4 nitrogen and oxygen atoms in total. The number of rotatable bonds is 5. The maximum Gasteiger partial charge on any atom is 0.167 e. The lowest BCUT2D eigenvalue weighted by Gasteiger charge is -2.07. The second-order valence-corrected chi connectivity index (χ2v) is 7.32. The lowest BCUT2D eigenvalue weighted by Crippen LogP contribution is -2.13. The molecular weight excluding hydrogens is 338 g/mol. The number of fused-ring (bicyclic) bond motifs is 1. The highest BCUT2D eigenvalue weighted by Gasteiger charge is 2.23. The number of aryl methyl sites for hydroxylation is 2. The lowest BCUT2D eigenvalue weighted by molar-refractivity contribution is -0.116. The predicted molar refractivity (Wildman–Crippen MR) is 97.4 cm³/mol. The summed E-state index contributed by atoms with van der Waals surface area (Å²) >= 11 is 2.73. The number of nitrogens with zero attached hydrogens (tertiary/aromatic N) is 3. The normalized spacial score (nSPS) is 12.0. The van der Waals surface area contributed by atoms with Crippen LogP contribution >= 0.6 is 23.1 Å². The van der Waals surface area contributed by atoms with Gasteiger partial charge in [0.05, 0.1) is 22.4 Å². The number of Topliss-reactive ketones (excluding diaryl/α,β-unsaturated/α-hetero) is 1. The van der Waals surface area contributed by atoms with E-state index in [2.05, 4.69) is 16.0 Å². The molecule has 0 N–H and O–H groups in total. The van der Waals surface area contributed by atoms with Crippen molar-refractivity contribution in [2.24, 2.45) is 0 Å². The van der Waals surface area contributed by atoms with Crippen LogP contribution in [-0.4, -0.2) is 21.5 Å². The molecule has 120 valence electrons. The molecule has 2 aromatic heterocycles. The van der Waals surface area contributed by atoms with Crippen LogP contribution in [0.15, 0.2) is 40.7 Å². The molecule has 0 fully saturated rings. The summed E-state index contributed by atoms with van der Waals surface area (Å²) in [5.41, 5.74) is 2.88. The van der Waals surface area contributed by atoms with Crippen LogP contribution in [0.1, 0.15) is 22.2 Å². The minimum Gasteiger partial charge on any atom is -0.297 e. The molecule has 0 aliphatic heterocycles. The number of nitriles is 1. The van der Waals surface area contributed by atoms with Crippen LogP contribution < -0.4 is 0 Å². The van der Waals surface area contributed by atoms with Gasteiger partial charge < -0.3 is 0 Å². The van der Waals surface area contributed by atoms with E-state index >= 15 is 0 Å². The summed E-state index contributed by atoms with van der Waals surface area (Å²) in [6.45, 7) is 3.89. The molecule has 0 aliphatic rings. The molecule has 0 saturated heterocycles. The third-order valence-electron chi connectivity index (χ3n) is 3.60. The number of hydrogen-bond acceptors (Lipinski definition) is 6. The van der Waals surface area contributed by atoms with Gasteiger partial charge in [-0.25, -0.2) is 9.97 Å². The lowest BCUT2D eigenvalue weighted by atomic mass is 10.1. The van der Waals surface area contributed by atoms with Gasteiger partial charge in [0, 0.05) is 16.5 Å². The number of carbonyl (C=O) groups is 1. The van der Waals surface area contributed by atoms with E-state index in [1.165, 1.54) is 23.1 Å². The zero-order valence-electron chi connectivity index (χ0n) is 13.3. The minimum atomic E-state index is -0.794. The van der Waals surface area contributed by atoms with Gasteiger partial charge in [0.2, 0.25) is 0 Å². The van der Waals surface area contributed by atoms with Crippen molar-refractivity contribution in [1.82, 2.24) is 9.97 Å². The fraction of sp³-hybridized carbons (Fsp3) is 0.222. The fourth-order valence-electron chi connectivity index (χ4n) is 2.39. The number of para-hydroxylation sites is 1. The average Bonchev–Trinajstić information content (AvgIpc) is 3.00. The second-order valence-electron chi connectivity index (χ2n) is 5.44. The molecule has 0 amide bonds. The average molecular weight is 353 g/mol. The molecule has 3 aromatic rings. The number of thioether (sulfide) groups is 1. The topological polar surface area (TPSA) is 66.6 Å². The Morgan fingerprint density at radius 3 is 2.83 bits per heavy atom. The summed E-state index contributed by atoms with van der Waals surface area (Å²) in [6, 6.07) is 12.0. The summed E-state index contributed by atoms with van der Waals surface area (Å²) in [4.78, 5) is 21.2. The number of ketones is 1. The highest BCUT2D eigenvalue weighted by atomic mass is 32.2. The van der Waals surface area contributed by atoms with Crippen molar-refractivity contribution in [3.63, 3.8) is 0 Å². The number of aromatic nitrogens is 2. The predicted octanol–water partition coefficient (Wildman–Crippen LogP) is 4.28. The van der Waals surface area contributed by atoms with Gasteiger partial charge in [-0.3, -0.25) is 4.79 Å². The van der Waals surface area contributed by atoms with E-state index in [1.807, 2.05) is 49.6 Å². The largest absolute Gasteiger partial charge is 0.297 e. The van der Waals surface area contributed by atoms with Gasteiger partial charge in [-0.15, -0.1) is 11.3 Å². The molecule has 2 heterocycles. The van der Waals surface area contributed by atoms with Crippen molar-refractivity contribution in [3.05, 3.63) is 52.0 Å². The Hall–Kier alpha value is -2.23. The molecule has 1 atom stereocenters. The van der Waals surface area contributed by atoms with E-state index < -0.39 is 5.92 Å². The first kappa shape index (κ1) is 16.6. The Kier molecular flexibility index (Phi) is 4.93. The van der Waals surface area contributed by atoms with Crippen molar-refractivity contribution < 1.29 is 4.79 Å². The second kappa shape index (κ2) is 7.12. The smallest absolute Gasteiger partial charge is 0.167 e. The highest BCUT2D eigenvalue weighted by molar-refractivity contribution is 7.99. The third kappa shape index (κ3) is 3.48. The van der Waals surface area contributed by atoms with Crippen molar-refractivity contribution in [2.75, 3.05) is 5.75 Å². The fourth-order valence-corrected chi connectivity index (χ4v) is 4.13. The van der Waals surface area contributed by atoms with E-state index in [1.54, 1.807) is 0 Å². The summed E-state index contributed by atoms with van der Waals surface area (Å²) in [5.74, 6) is -0.719. The van der Waals surface area contributed by atoms with E-state index in [9.17, 15) is 10.1 Å². The van der Waals surface area contributed by atoms with Crippen LogP contribution in [0.2, 0.25) is 0 Å². The Bertz CT molecular complexity index is 943. The van der Waals surface area contributed by atoms with Gasteiger partial charge in [0.1, 0.15) is 5.01 Å². The molecule has 0 spiro atoms. The summed E-state index contributed by atoms with van der Waals surface area (Å²) in [7, 11) is 0. The first-order valence-electron chi connectivity index (χ1n) is 7.42. The van der Waals surface area contributed by atoms with E-state index in [-0.39, 0.29) is 11.5 Å². The Balaban J connectivity index is 1.75. The molecule has 0 aliphatic carbocycles. The maximum absolute atomic E-state index is 12.4. The van der Waals surface area contributed by atoms with Gasteiger partial charge >= 0.3 is 0 Å². The number of hydrogen-bond donors (Lipinski definition) is 0. The Morgan fingerprint density at radius 1 is 1.33 bits per heavy atom. The first-order chi connectivity index (χ1) is 11.6. The van der Waals surface area contributed by atoms with Crippen LogP contribution in [0, 0.1) is 25.2 Å². The monoisotopic (exact) mass is 353 g/mol. The maximum atomic E-state index is 12.4. The van der Waals surface area contributed by atoms with Gasteiger partial charge in [-0.2, -0.15) is 5.26 Å². The minimum absolute atomic E-state index is 0.135. The van der Waals surface area contributed by atoms with Gasteiger partial charge in [0.15, 0.2) is 11.7 Å². The van der Waals surface area contributed by atoms with Crippen molar-refractivity contribution >= 4 is 39.8 Å². The van der Waals surface area contributed by atoms with E-state index in [0.29, 0.717) is 5.01 Å². The van der Waals surface area contributed by atoms with Crippen LogP contribution in [-0.2, 0) is 4.79 Å². The van der Waals surface area contributed by atoms with Crippen molar-refractivity contribution in [2.45, 2.75) is 24.8 Å². The molecule has 0 bridgehead atoms. The zero-order valence-corrected chi connectivity index (χ0v) is 14.9. The Morgan fingerprint density at radius 2 is 2.12 bits per heavy atom. The molecule has 3 rings (SSSR count). The molecule has 6 heteroatoms. The van der Waals surface area contributed by atoms with Gasteiger partial charge in [-0.05, 0) is 31.5 Å². The summed E-state index contributed by atoms with van der Waals surface area (Å²) in [6.07, 6.45) is 0. The van der Waals surface area contributed by atoms with Crippen molar-refractivity contribution in [1.29, 1.82) is 5.26 Å². The molecule has 0 saturated carbocycles. The Labute approximate surface area is 148 Å². The third-order valence-corrected chi connectivity index (χ3v) is 5.56. The van der Waals surface area contributed by atoms with Gasteiger partial charge in [0.25, 0.3) is 0 Å². The van der Waals surface area contributed by atoms with E-state index in [0.717, 1.165) is 27.2 Å². The van der Waals surface area contributed by atoms with Crippen molar-refractivity contribution in [3.8, 4) is 6.07 Å². The van der Waals surface area contributed by atoms with Crippen LogP contribution in [0.5, 0.6) is 0 Å². The summed E-state index contributed by atoms with van der Waals surface area (Å²) < 4.78 is 0. The van der Waals surface area contributed by atoms with Crippen LogP contribution in [0.3, 0.4) is 0 Å². The summed E-state index contributed by atoms with van der Waals surface area (Å²) in [5, 5.41) is 13.7. The standard InChI is InChI=1S/C18H15N3OS2/c1-11-7-17(21-15-6-4-3-5-13(11)15)23-10-16(22)14(8-19)18-20-12(2)9-24-18/h3-7,9,14H,10H2,1-2H3/t14-/m1/s1. The van der Waals surface area contributed by atoms with Gasteiger partial charge in [-0.1, -0.05) is 30.0 Å². The quantitative estimate of drug-likeness (QED) is 0.641. The number of benzene rings is 1. The van der Waals surface area contributed by atoms with Crippen LogP contribution in [0.25, 0.3) is 10.9 Å².